The van der Waals surface area contributed by atoms with Crippen LogP contribution in [0.2, 0.25) is 0 Å². The molecule has 0 unspecified atom stereocenters. The lowest BCUT2D eigenvalue weighted by molar-refractivity contribution is -0.163. The van der Waals surface area contributed by atoms with Crippen LogP contribution in [-0.4, -0.2) is 101 Å². The Hall–Kier alpha value is -4.49. The topological polar surface area (TPSA) is 229 Å². The minimum Gasteiger partial charge on any atom is -0.463 e. The van der Waals surface area contributed by atoms with E-state index in [-0.39, 0.29) is 29.6 Å². The molecule has 51 heavy (non-hydrogen) atoms. The van der Waals surface area contributed by atoms with Gasteiger partial charge in [-0.05, 0) is 71.4 Å². The second-order valence-corrected chi connectivity index (χ2v) is 14.1. The molecule has 1 aromatic heterocycles. The summed E-state index contributed by atoms with van der Waals surface area (Å²) in [6.45, 7) is 12.4. The van der Waals surface area contributed by atoms with Crippen LogP contribution in [0.1, 0.15) is 98.4 Å². The summed E-state index contributed by atoms with van der Waals surface area (Å²) >= 11 is 0. The Morgan fingerprint density at radius 3 is 2.43 bits per heavy atom. The van der Waals surface area contributed by atoms with Gasteiger partial charge in [0.25, 0.3) is 0 Å². The number of hydrogen-bond acceptors (Lipinski definition) is 11. The maximum atomic E-state index is 13.6. The zero-order valence-corrected chi connectivity index (χ0v) is 30.6. The van der Waals surface area contributed by atoms with Crippen molar-refractivity contribution in [1.82, 2.24) is 20.5 Å². The number of aliphatic hydroxyl groups is 1. The van der Waals surface area contributed by atoms with Gasteiger partial charge in [-0.2, -0.15) is 5.26 Å². The standard InChI is InChI=1S/C35H53N7O9/c1-8-42(9-2)32(46)41-30(38-20-37)23-15-16-25(39-23)35(19-36)29(44)28(24(50-35)18-48-26(43)17-22-13-11-10-12-14-22)49-31(45)27(21(3)4)40-33(47)51-34(5,6)7/h15-16,20-22,24,27-29,39,44H,8-14,17-18H2,1-7H3,(H,40,47)(H2,37,38,41,46)/t24-,27+,28-,29-,35+/m1/s1. The molecule has 0 spiro atoms. The summed E-state index contributed by atoms with van der Waals surface area (Å²) < 4.78 is 22.8. The van der Waals surface area contributed by atoms with Crippen molar-refractivity contribution in [2.75, 3.05) is 19.7 Å². The highest BCUT2D eigenvalue weighted by Gasteiger charge is 2.59. The van der Waals surface area contributed by atoms with E-state index < -0.39 is 72.1 Å². The van der Waals surface area contributed by atoms with Crippen LogP contribution >= 0.6 is 0 Å². The van der Waals surface area contributed by atoms with Gasteiger partial charge in [-0.25, -0.2) is 19.4 Å². The van der Waals surface area contributed by atoms with E-state index in [1.54, 1.807) is 34.6 Å². The van der Waals surface area contributed by atoms with Crippen molar-refractivity contribution in [3.8, 4) is 6.07 Å². The molecule has 2 aliphatic rings. The van der Waals surface area contributed by atoms with E-state index in [2.05, 4.69) is 20.6 Å². The Morgan fingerprint density at radius 1 is 1.20 bits per heavy atom. The minimum absolute atomic E-state index is 0.0200. The highest BCUT2D eigenvalue weighted by Crippen LogP contribution is 2.41. The number of carbonyl (C=O) groups is 4. The molecule has 16 nitrogen and oxygen atoms in total. The van der Waals surface area contributed by atoms with Gasteiger partial charge < -0.3 is 39.3 Å². The number of rotatable bonds is 13. The molecule has 0 bridgehead atoms. The van der Waals surface area contributed by atoms with Gasteiger partial charge in [0.15, 0.2) is 11.9 Å². The third-order valence-electron chi connectivity index (χ3n) is 8.84. The Balaban J connectivity index is 1.93. The predicted octanol–water partition coefficient (Wildman–Crippen LogP) is 3.87. The number of ether oxygens (including phenoxy) is 4. The number of carbonyl (C=O) groups excluding carboxylic acids is 4. The molecular weight excluding hydrogens is 662 g/mol. The maximum absolute atomic E-state index is 13.6. The first kappa shape index (κ1) is 40.9. The normalized spacial score (nSPS) is 23.1. The van der Waals surface area contributed by atoms with Gasteiger partial charge in [-0.3, -0.25) is 15.5 Å². The molecule has 1 aromatic rings. The van der Waals surface area contributed by atoms with Crippen LogP contribution in [0, 0.1) is 28.6 Å². The number of aromatic nitrogens is 1. The molecule has 282 valence electrons. The van der Waals surface area contributed by atoms with E-state index in [4.69, 9.17) is 24.4 Å². The number of amides is 3. The number of nitrogens with one attached hydrogen (secondary N) is 4. The lowest BCUT2D eigenvalue weighted by atomic mass is 9.87. The monoisotopic (exact) mass is 715 g/mol. The Bertz CT molecular complexity index is 1450. The van der Waals surface area contributed by atoms with Crippen LogP contribution in [0.4, 0.5) is 9.59 Å². The Kier molecular flexibility index (Phi) is 14.6. The molecule has 16 heteroatoms. The van der Waals surface area contributed by atoms with Crippen molar-refractivity contribution in [2.45, 2.75) is 123 Å². The van der Waals surface area contributed by atoms with E-state index in [9.17, 15) is 29.5 Å². The van der Waals surface area contributed by atoms with Crippen LogP contribution in [-0.2, 0) is 34.1 Å². The first-order chi connectivity index (χ1) is 24.1. The first-order valence-corrected chi connectivity index (χ1v) is 17.5. The summed E-state index contributed by atoms with van der Waals surface area (Å²) in [4.78, 5) is 60.3. The van der Waals surface area contributed by atoms with Crippen LogP contribution in [0.25, 0.3) is 0 Å². The van der Waals surface area contributed by atoms with Crippen molar-refractivity contribution >= 4 is 36.2 Å². The average molecular weight is 716 g/mol. The number of urea groups is 1. The van der Waals surface area contributed by atoms with Crippen molar-refractivity contribution in [1.29, 1.82) is 10.7 Å². The van der Waals surface area contributed by atoms with E-state index >= 15 is 0 Å². The molecular formula is C35H53N7O9. The lowest BCUT2D eigenvalue weighted by Crippen LogP contribution is -2.50. The Labute approximate surface area is 299 Å². The highest BCUT2D eigenvalue weighted by molar-refractivity contribution is 6.08. The van der Waals surface area contributed by atoms with E-state index in [1.165, 1.54) is 17.0 Å². The van der Waals surface area contributed by atoms with Crippen LogP contribution in [0.5, 0.6) is 0 Å². The number of nitrogens with zero attached hydrogens (tertiary/aromatic N) is 3. The fourth-order valence-electron chi connectivity index (χ4n) is 6.13. The lowest BCUT2D eigenvalue weighted by Gasteiger charge is -2.28. The minimum atomic E-state index is -2.17. The smallest absolute Gasteiger partial charge is 0.408 e. The number of nitriles is 1. The molecule has 5 atom stereocenters. The number of aliphatic hydroxyl groups excluding tert-OH is 1. The first-order valence-electron chi connectivity index (χ1n) is 17.5. The summed E-state index contributed by atoms with van der Waals surface area (Å²) in [6, 6.07) is 3.24. The fourth-order valence-corrected chi connectivity index (χ4v) is 6.13. The number of amidine groups is 1. The average Bonchev–Trinajstić information content (AvgIpc) is 3.66. The summed E-state index contributed by atoms with van der Waals surface area (Å²) in [6.07, 6.45) is 0.490. The van der Waals surface area contributed by atoms with Gasteiger partial charge >= 0.3 is 24.1 Å². The second kappa shape index (κ2) is 18.1. The molecule has 0 radical (unpaired) electrons. The molecule has 1 aliphatic heterocycles. The number of H-pyrrole nitrogens is 1. The van der Waals surface area contributed by atoms with Gasteiger partial charge in [0.2, 0.25) is 5.60 Å². The van der Waals surface area contributed by atoms with Gasteiger partial charge in [0.1, 0.15) is 42.9 Å². The third-order valence-corrected chi connectivity index (χ3v) is 8.84. The SMILES string of the molecule is CCN(CC)C(=O)NC(=NC=N)c1ccc([C@]2(C#N)O[C@H](COC(=O)CC3CCCCC3)[C@@H](OC(=O)[C@@H](NC(=O)OC(C)(C)C)C(C)C)[C@H]2O)[nH]1. The summed E-state index contributed by atoms with van der Waals surface area (Å²) in [5.41, 5.74) is -2.80. The number of esters is 2. The fraction of sp³-hybridized carbons (Fsp3) is 0.686. The highest BCUT2D eigenvalue weighted by atomic mass is 16.6. The Morgan fingerprint density at radius 2 is 1.86 bits per heavy atom. The van der Waals surface area contributed by atoms with Crippen LogP contribution < -0.4 is 10.6 Å². The summed E-state index contributed by atoms with van der Waals surface area (Å²) in [5.74, 6) is -1.72. The van der Waals surface area contributed by atoms with Crippen molar-refractivity contribution in [3.63, 3.8) is 0 Å². The molecule has 0 aromatic carbocycles. The molecule has 3 rings (SSSR count). The van der Waals surface area contributed by atoms with E-state index in [0.717, 1.165) is 38.4 Å². The van der Waals surface area contributed by atoms with Gasteiger partial charge in [0, 0.05) is 19.5 Å². The van der Waals surface area contributed by atoms with E-state index in [0.29, 0.717) is 13.1 Å². The second-order valence-electron chi connectivity index (χ2n) is 14.1. The molecule has 1 saturated heterocycles. The molecule has 1 saturated carbocycles. The number of aliphatic imine (C=N–C) groups is 1. The predicted molar refractivity (Wildman–Crippen MR) is 186 cm³/mol. The van der Waals surface area contributed by atoms with Crippen LogP contribution in [0.3, 0.4) is 0 Å². The number of alkyl carbamates (subject to hydrolysis) is 1. The molecule has 2 fully saturated rings. The number of hydrogen-bond donors (Lipinski definition) is 5. The van der Waals surface area contributed by atoms with Crippen molar-refractivity contribution in [2.24, 2.45) is 16.8 Å². The van der Waals surface area contributed by atoms with E-state index in [1.807, 2.05) is 19.9 Å². The zero-order valence-electron chi connectivity index (χ0n) is 30.6. The van der Waals surface area contributed by atoms with Gasteiger partial charge in [-0.15, -0.1) is 0 Å². The van der Waals surface area contributed by atoms with Crippen molar-refractivity contribution < 1.29 is 43.2 Å². The van der Waals surface area contributed by atoms with Crippen LogP contribution in [0.15, 0.2) is 17.1 Å². The van der Waals surface area contributed by atoms with Gasteiger partial charge in [0.05, 0.1) is 11.4 Å². The van der Waals surface area contributed by atoms with Crippen molar-refractivity contribution in [3.05, 3.63) is 23.5 Å². The third kappa shape index (κ3) is 10.8. The molecule has 2 heterocycles. The largest absolute Gasteiger partial charge is 0.463 e. The molecule has 1 aliphatic carbocycles. The zero-order chi connectivity index (χ0) is 37.9. The molecule has 5 N–H and O–H groups in total. The summed E-state index contributed by atoms with van der Waals surface area (Å²) in [7, 11) is 0. The number of aromatic amines is 1. The quantitative estimate of drug-likeness (QED) is 0.0857. The maximum Gasteiger partial charge on any atom is 0.408 e. The van der Waals surface area contributed by atoms with Gasteiger partial charge in [-0.1, -0.05) is 33.1 Å². The molecule has 3 amide bonds. The summed E-state index contributed by atoms with van der Waals surface area (Å²) in [5, 5.41) is 34.9.